The molecule has 0 radical (unpaired) electrons. The van der Waals surface area contributed by atoms with Gasteiger partial charge in [0, 0.05) is 25.3 Å². The highest BCUT2D eigenvalue weighted by Gasteiger charge is 2.45. The average molecular weight is 816 g/mol. The van der Waals surface area contributed by atoms with Crippen molar-refractivity contribution in [2.45, 2.75) is 143 Å². The molecule has 1 aromatic rings. The van der Waals surface area contributed by atoms with E-state index < -0.39 is 108 Å². The molecule has 0 bridgehead atoms. The van der Waals surface area contributed by atoms with Gasteiger partial charge in [-0.1, -0.05) is 66.5 Å². The Balaban J connectivity index is 2.11. The summed E-state index contributed by atoms with van der Waals surface area (Å²) in [6, 6.07) is 2.70. The fourth-order valence-electron chi connectivity index (χ4n) is 7.73. The van der Waals surface area contributed by atoms with Crippen molar-refractivity contribution < 1.29 is 58.6 Å². The van der Waals surface area contributed by atoms with Crippen molar-refractivity contribution in [3.63, 3.8) is 0 Å². The number of rotatable bonds is 8. The fraction of sp³-hybridized carbons (Fsp3) is 0.698. The topological polar surface area (TPSA) is 222 Å². The van der Waals surface area contributed by atoms with Gasteiger partial charge in [0.1, 0.15) is 11.8 Å². The first-order valence-electron chi connectivity index (χ1n) is 20.7. The molecule has 58 heavy (non-hydrogen) atoms. The molecule has 11 atom stereocenters. The third-order valence-electron chi connectivity index (χ3n) is 11.8. The summed E-state index contributed by atoms with van der Waals surface area (Å²) >= 11 is 0. The van der Waals surface area contributed by atoms with Crippen molar-refractivity contribution in [3.8, 4) is 5.75 Å². The van der Waals surface area contributed by atoms with Gasteiger partial charge >= 0.3 is 11.9 Å². The molecular formula is C43H67N4O11+. The number of Topliss-reactive ketones (excluding diaryl/α,β-unsaturated/α-hetero) is 2. The molecule has 2 fully saturated rings. The molecule has 1 aliphatic carbocycles. The number of aliphatic hydroxyl groups is 1. The molecule has 1 saturated carbocycles. The van der Waals surface area contributed by atoms with Crippen molar-refractivity contribution in [2.75, 3.05) is 14.2 Å². The van der Waals surface area contributed by atoms with Crippen LogP contribution in [0.25, 0.3) is 0 Å². The lowest BCUT2D eigenvalue weighted by atomic mass is 9.84. The summed E-state index contributed by atoms with van der Waals surface area (Å²) in [5, 5.41) is 16.9. The molecule has 1 aromatic carbocycles. The van der Waals surface area contributed by atoms with Crippen LogP contribution in [-0.4, -0.2) is 108 Å². The number of aliphatic hydroxyl groups excluding tert-OH is 1. The summed E-state index contributed by atoms with van der Waals surface area (Å²) in [7, 11) is 3.02. The number of hydrogen-bond donors (Lipinski definition) is 4. The number of ketones is 2. The summed E-state index contributed by atoms with van der Waals surface area (Å²) in [5.41, 5.74) is 4.66. The Labute approximate surface area is 342 Å². The number of carbonyl (C=O) groups excluding carboxylic acids is 7. The van der Waals surface area contributed by atoms with Crippen molar-refractivity contribution in [2.24, 2.45) is 35.5 Å². The largest absolute Gasteiger partial charge is 0.497 e. The molecule has 1 unspecified atom stereocenters. The molecule has 324 valence electrons. The van der Waals surface area contributed by atoms with E-state index in [0.717, 1.165) is 0 Å². The van der Waals surface area contributed by atoms with E-state index in [1.54, 1.807) is 45.0 Å². The second-order valence-electron chi connectivity index (χ2n) is 17.0. The van der Waals surface area contributed by atoms with Gasteiger partial charge < -0.3 is 40.6 Å². The fourth-order valence-corrected chi connectivity index (χ4v) is 7.73. The minimum Gasteiger partial charge on any atom is -0.497 e. The van der Waals surface area contributed by atoms with E-state index >= 15 is 0 Å². The summed E-state index contributed by atoms with van der Waals surface area (Å²) in [4.78, 5) is 98.7. The first-order chi connectivity index (χ1) is 27.2. The normalized spacial score (nSPS) is 31.0. The quantitative estimate of drug-likeness (QED) is 0.220. The van der Waals surface area contributed by atoms with Gasteiger partial charge in [-0.25, -0.2) is 4.79 Å². The Kier molecular flexibility index (Phi) is 17.9. The maximum absolute atomic E-state index is 14.4. The number of cyclic esters (lactones) is 2. The molecule has 0 aromatic heterocycles. The Morgan fingerprint density at radius 2 is 1.52 bits per heavy atom. The van der Waals surface area contributed by atoms with Crippen LogP contribution < -0.4 is 21.1 Å². The van der Waals surface area contributed by atoms with Gasteiger partial charge in [0.15, 0.2) is 23.8 Å². The van der Waals surface area contributed by atoms with Gasteiger partial charge in [-0.15, -0.1) is 0 Å². The number of likely N-dealkylation sites (N-methyl/N-ethyl adjacent to an activating group) is 1. The highest BCUT2D eigenvalue weighted by atomic mass is 16.6. The van der Waals surface area contributed by atoms with Crippen LogP contribution in [0.4, 0.5) is 0 Å². The lowest BCUT2D eigenvalue weighted by Gasteiger charge is -2.33. The first-order valence-corrected chi connectivity index (χ1v) is 20.7. The summed E-state index contributed by atoms with van der Waals surface area (Å²) in [6.07, 6.45) is -2.29. The number of amides is 3. The molecule has 3 rings (SSSR count). The Morgan fingerprint density at radius 3 is 2.09 bits per heavy atom. The molecule has 15 nitrogen and oxygen atoms in total. The maximum atomic E-state index is 14.4. The zero-order chi connectivity index (χ0) is 43.6. The number of ether oxygens (including phenoxy) is 3. The standard InChI is InChI=1S/C43H66N4O11/c1-11-24(6)36-33(48)21-34(49)58-39(23(4)5)37(50)25(7)40(52)45-31(19-22(2)3)38(51)29-13-12-14-30(29)42(54)47(9)32(20-27-15-17-28(56-10)18-16-27)43(55)57-26(8)35(44)41(53)46-36/h15-18,22-26,29-33,35-36,39,48H,11-14,19-21,44H2,1-10H3,(H,45,52)(H,46,53)/p+1/t24-,25-,26+,29?,30+,31-,32-,33-,35-,36+,39-/m0/s1. The van der Waals surface area contributed by atoms with Gasteiger partial charge in [-0.3, -0.25) is 28.8 Å². The van der Waals surface area contributed by atoms with Crippen molar-refractivity contribution in [1.82, 2.24) is 15.5 Å². The smallest absolute Gasteiger partial charge is 0.329 e. The van der Waals surface area contributed by atoms with Gasteiger partial charge in [0.05, 0.1) is 37.6 Å². The second kappa shape index (κ2) is 21.6. The van der Waals surface area contributed by atoms with Gasteiger partial charge in [0.2, 0.25) is 17.9 Å². The predicted molar refractivity (Wildman–Crippen MR) is 214 cm³/mol. The van der Waals surface area contributed by atoms with Gasteiger partial charge in [0.25, 0.3) is 5.91 Å². The van der Waals surface area contributed by atoms with Crippen molar-refractivity contribution in [1.29, 1.82) is 0 Å². The SMILES string of the molecule is CC[C@H](C)[C@H]1NC(=O)[C@@H]([NH3+])[C@@H](C)OC(=O)[C@H](Cc2ccc(OC)cc2)N(C)C(=O)[C@@H]2CCCC2C(=O)[C@H](CC(C)C)NC(=O)[C@@H](C)C(=O)[C@H](C(C)C)OC(=O)C[C@@H]1O. The molecular weight excluding hydrogens is 748 g/mol. The Morgan fingerprint density at radius 1 is 0.897 bits per heavy atom. The van der Waals surface area contributed by atoms with Crippen molar-refractivity contribution >= 4 is 41.2 Å². The summed E-state index contributed by atoms with van der Waals surface area (Å²) in [6.45, 7) is 13.7. The third-order valence-corrected chi connectivity index (χ3v) is 11.8. The van der Waals surface area contributed by atoms with Crippen LogP contribution in [0.1, 0.15) is 99.5 Å². The third kappa shape index (κ3) is 12.3. The predicted octanol–water partition coefficient (Wildman–Crippen LogP) is 2.19. The number of benzene rings is 1. The van der Waals surface area contributed by atoms with Crippen LogP contribution in [0, 0.1) is 35.5 Å². The van der Waals surface area contributed by atoms with E-state index in [1.165, 1.54) is 32.9 Å². The number of quaternary nitrogens is 1. The molecule has 6 N–H and O–H groups in total. The molecule has 15 heteroatoms. The van der Waals surface area contributed by atoms with Crippen LogP contribution in [0.2, 0.25) is 0 Å². The van der Waals surface area contributed by atoms with Gasteiger partial charge in [-0.2, -0.15) is 0 Å². The average Bonchev–Trinajstić information content (AvgIpc) is 3.68. The highest BCUT2D eigenvalue weighted by molar-refractivity contribution is 6.05. The number of nitrogens with one attached hydrogen (secondary N) is 2. The van der Waals surface area contributed by atoms with E-state index in [-0.39, 0.29) is 30.5 Å². The van der Waals surface area contributed by atoms with Crippen LogP contribution in [0.5, 0.6) is 5.75 Å². The summed E-state index contributed by atoms with van der Waals surface area (Å²) in [5.74, 6) is -7.70. The van der Waals surface area contributed by atoms with Crippen LogP contribution >= 0.6 is 0 Å². The minimum absolute atomic E-state index is 0.0416. The molecule has 1 heterocycles. The number of esters is 2. The lowest BCUT2D eigenvalue weighted by molar-refractivity contribution is -0.419. The lowest BCUT2D eigenvalue weighted by Crippen LogP contribution is -2.73. The Hall–Kier alpha value is -4.37. The maximum Gasteiger partial charge on any atom is 0.329 e. The monoisotopic (exact) mass is 815 g/mol. The van der Waals surface area contributed by atoms with E-state index in [4.69, 9.17) is 14.2 Å². The zero-order valence-corrected chi connectivity index (χ0v) is 35.9. The number of nitrogens with zero attached hydrogens (tertiary/aromatic N) is 1. The molecule has 2 aliphatic rings. The number of methoxy groups -OCH3 is 1. The number of fused-ring (bicyclic) bond motifs is 1. The van der Waals surface area contributed by atoms with E-state index in [9.17, 15) is 38.7 Å². The molecule has 1 aliphatic heterocycles. The van der Waals surface area contributed by atoms with E-state index in [1.807, 2.05) is 20.8 Å². The van der Waals surface area contributed by atoms with Crippen LogP contribution in [0.15, 0.2) is 24.3 Å². The van der Waals surface area contributed by atoms with Gasteiger partial charge in [-0.05, 0) is 68.6 Å². The zero-order valence-electron chi connectivity index (χ0n) is 35.9. The van der Waals surface area contributed by atoms with Crippen LogP contribution in [-0.2, 0) is 49.5 Å². The summed E-state index contributed by atoms with van der Waals surface area (Å²) < 4.78 is 16.8. The number of hydrogen-bond acceptors (Lipinski definition) is 11. The molecule has 0 spiro atoms. The highest BCUT2D eigenvalue weighted by Crippen LogP contribution is 2.36. The second-order valence-corrected chi connectivity index (χ2v) is 17.0. The minimum atomic E-state index is -1.43. The first kappa shape index (κ1) is 48.0. The Bertz CT molecular complexity index is 1620. The van der Waals surface area contributed by atoms with Crippen LogP contribution in [0.3, 0.4) is 0 Å². The van der Waals surface area contributed by atoms with E-state index in [0.29, 0.717) is 37.0 Å². The molecule has 3 amide bonds. The number of carbonyl (C=O) groups is 7. The van der Waals surface area contributed by atoms with E-state index in [2.05, 4.69) is 16.4 Å². The molecule has 1 saturated heterocycles. The van der Waals surface area contributed by atoms with Crippen molar-refractivity contribution in [3.05, 3.63) is 29.8 Å².